The first-order valence-corrected chi connectivity index (χ1v) is 9.88. The van der Waals surface area contributed by atoms with Crippen molar-refractivity contribution < 1.29 is 4.79 Å². The highest BCUT2D eigenvalue weighted by molar-refractivity contribution is 5.99. The molecule has 1 heterocycles. The van der Waals surface area contributed by atoms with Crippen molar-refractivity contribution in [2.75, 3.05) is 0 Å². The fraction of sp³-hybridized carbons (Fsp3) is 0.591. The van der Waals surface area contributed by atoms with Gasteiger partial charge in [0.25, 0.3) is 5.91 Å². The molecule has 0 fully saturated rings. The molecule has 136 valence electrons. The van der Waals surface area contributed by atoms with E-state index in [0.717, 1.165) is 36.7 Å². The van der Waals surface area contributed by atoms with Crippen LogP contribution in [0.15, 0.2) is 18.2 Å². The fourth-order valence-electron chi connectivity index (χ4n) is 3.94. The largest absolute Gasteiger partial charge is 0.358 e. The first kappa shape index (κ1) is 18.0. The van der Waals surface area contributed by atoms with E-state index < -0.39 is 0 Å². The standard InChI is InChI=1S/C22H32N2O/c1-14(2)6-5-7-16(4)23-22(25)17-9-11-21-19(13-17)18-12-15(3)8-10-20(18)24-21/h9,11,13-16,24H,5-8,10,12H2,1-4H3,(H,23,25)/t15-,16+/m1/s1. The van der Waals surface area contributed by atoms with E-state index in [1.807, 2.05) is 6.07 Å². The predicted molar refractivity (Wildman–Crippen MR) is 105 cm³/mol. The molecule has 0 aliphatic heterocycles. The molecule has 3 nitrogen and oxygen atoms in total. The van der Waals surface area contributed by atoms with Gasteiger partial charge in [-0.25, -0.2) is 0 Å². The smallest absolute Gasteiger partial charge is 0.251 e. The van der Waals surface area contributed by atoms with E-state index in [1.165, 1.54) is 41.4 Å². The van der Waals surface area contributed by atoms with E-state index in [-0.39, 0.29) is 11.9 Å². The summed E-state index contributed by atoms with van der Waals surface area (Å²) < 4.78 is 0. The van der Waals surface area contributed by atoms with Gasteiger partial charge in [-0.2, -0.15) is 0 Å². The third kappa shape index (κ3) is 4.26. The number of H-pyrrole nitrogens is 1. The quantitative estimate of drug-likeness (QED) is 0.742. The van der Waals surface area contributed by atoms with E-state index in [2.05, 4.69) is 50.1 Å². The van der Waals surface area contributed by atoms with Crippen LogP contribution in [0.3, 0.4) is 0 Å². The molecule has 2 atom stereocenters. The Bertz CT molecular complexity index is 744. The monoisotopic (exact) mass is 340 g/mol. The van der Waals surface area contributed by atoms with Gasteiger partial charge in [-0.05, 0) is 68.2 Å². The molecular weight excluding hydrogens is 308 g/mol. The second-order valence-corrected chi connectivity index (χ2v) is 8.39. The molecular formula is C22H32N2O. The number of amides is 1. The summed E-state index contributed by atoms with van der Waals surface area (Å²) in [5, 5.41) is 4.40. The summed E-state index contributed by atoms with van der Waals surface area (Å²) in [6.07, 6.45) is 6.93. The summed E-state index contributed by atoms with van der Waals surface area (Å²) in [5.41, 5.74) is 4.74. The third-order valence-corrected chi connectivity index (χ3v) is 5.49. The van der Waals surface area contributed by atoms with Crippen LogP contribution in [0.4, 0.5) is 0 Å². The SMILES string of the molecule is CC(C)CCC[C@H](C)NC(=O)c1ccc2[nH]c3c(c2c1)C[C@H](C)CC3. The van der Waals surface area contributed by atoms with Crippen LogP contribution in [0.1, 0.15) is 75.0 Å². The molecule has 2 aromatic rings. The molecule has 25 heavy (non-hydrogen) atoms. The zero-order valence-electron chi connectivity index (χ0n) is 16.1. The average molecular weight is 341 g/mol. The molecule has 2 N–H and O–H groups in total. The van der Waals surface area contributed by atoms with E-state index in [4.69, 9.17) is 0 Å². The Labute approximate surface area is 151 Å². The molecule has 0 saturated heterocycles. The van der Waals surface area contributed by atoms with Crippen molar-refractivity contribution in [1.29, 1.82) is 0 Å². The lowest BCUT2D eigenvalue weighted by Gasteiger charge is -2.18. The number of hydrogen-bond donors (Lipinski definition) is 2. The number of fused-ring (bicyclic) bond motifs is 3. The van der Waals surface area contributed by atoms with Gasteiger partial charge in [0.15, 0.2) is 0 Å². The predicted octanol–water partition coefficient (Wildman–Crippen LogP) is 5.24. The Morgan fingerprint density at radius 3 is 2.84 bits per heavy atom. The minimum absolute atomic E-state index is 0.0535. The van der Waals surface area contributed by atoms with E-state index in [1.54, 1.807) is 0 Å². The molecule has 3 heteroatoms. The summed E-state index contributed by atoms with van der Waals surface area (Å²) in [6, 6.07) is 6.32. The van der Waals surface area contributed by atoms with Crippen LogP contribution in [0.2, 0.25) is 0 Å². The van der Waals surface area contributed by atoms with Gasteiger partial charge in [-0.3, -0.25) is 4.79 Å². The van der Waals surface area contributed by atoms with Gasteiger partial charge < -0.3 is 10.3 Å². The zero-order chi connectivity index (χ0) is 18.0. The van der Waals surface area contributed by atoms with Gasteiger partial charge in [0.1, 0.15) is 0 Å². The van der Waals surface area contributed by atoms with Crippen LogP contribution >= 0.6 is 0 Å². The fourth-order valence-corrected chi connectivity index (χ4v) is 3.94. The molecule has 0 radical (unpaired) electrons. The maximum Gasteiger partial charge on any atom is 0.251 e. The topological polar surface area (TPSA) is 44.9 Å². The van der Waals surface area contributed by atoms with Crippen LogP contribution in [0.5, 0.6) is 0 Å². The minimum Gasteiger partial charge on any atom is -0.358 e. The minimum atomic E-state index is 0.0535. The highest BCUT2D eigenvalue weighted by atomic mass is 16.1. The number of nitrogens with one attached hydrogen (secondary N) is 2. The van der Waals surface area contributed by atoms with E-state index >= 15 is 0 Å². The van der Waals surface area contributed by atoms with Crippen molar-refractivity contribution in [3.05, 3.63) is 35.0 Å². The van der Waals surface area contributed by atoms with Gasteiger partial charge in [0, 0.05) is 28.2 Å². The highest BCUT2D eigenvalue weighted by Crippen LogP contribution is 2.32. The maximum atomic E-state index is 12.6. The second-order valence-electron chi connectivity index (χ2n) is 8.39. The number of benzene rings is 1. The van der Waals surface area contributed by atoms with Crippen molar-refractivity contribution in [2.45, 2.75) is 72.3 Å². The molecule has 1 aliphatic rings. The Hall–Kier alpha value is -1.77. The first-order chi connectivity index (χ1) is 11.9. The molecule has 1 aromatic carbocycles. The van der Waals surface area contributed by atoms with Crippen LogP contribution in [-0.4, -0.2) is 16.9 Å². The molecule has 0 unspecified atom stereocenters. The lowest BCUT2D eigenvalue weighted by Crippen LogP contribution is -2.32. The lowest BCUT2D eigenvalue weighted by atomic mass is 9.87. The third-order valence-electron chi connectivity index (χ3n) is 5.49. The summed E-state index contributed by atoms with van der Waals surface area (Å²) in [6.45, 7) is 8.92. The van der Waals surface area contributed by atoms with Gasteiger partial charge in [0.05, 0.1) is 0 Å². The number of aromatic nitrogens is 1. The molecule has 0 saturated carbocycles. The number of hydrogen-bond acceptors (Lipinski definition) is 1. The first-order valence-electron chi connectivity index (χ1n) is 9.88. The van der Waals surface area contributed by atoms with Crippen LogP contribution < -0.4 is 5.32 Å². The number of aryl methyl sites for hydroxylation is 1. The lowest BCUT2D eigenvalue weighted by molar-refractivity contribution is 0.0938. The van der Waals surface area contributed by atoms with Crippen molar-refractivity contribution >= 4 is 16.8 Å². The molecule has 1 aliphatic carbocycles. The number of carbonyl (C=O) groups excluding carboxylic acids is 1. The van der Waals surface area contributed by atoms with E-state index in [9.17, 15) is 4.79 Å². The normalized spacial score (nSPS) is 18.4. The van der Waals surface area contributed by atoms with Crippen molar-refractivity contribution in [1.82, 2.24) is 10.3 Å². The van der Waals surface area contributed by atoms with Crippen molar-refractivity contribution in [3.8, 4) is 0 Å². The summed E-state index contributed by atoms with van der Waals surface area (Å²) in [4.78, 5) is 16.2. The second kappa shape index (κ2) is 7.63. The van der Waals surface area contributed by atoms with Crippen LogP contribution in [-0.2, 0) is 12.8 Å². The zero-order valence-corrected chi connectivity index (χ0v) is 16.1. The molecule has 1 amide bonds. The van der Waals surface area contributed by atoms with Crippen molar-refractivity contribution in [2.24, 2.45) is 11.8 Å². The molecule has 0 spiro atoms. The number of carbonyl (C=O) groups is 1. The summed E-state index contributed by atoms with van der Waals surface area (Å²) in [5.74, 6) is 1.51. The van der Waals surface area contributed by atoms with Crippen molar-refractivity contribution in [3.63, 3.8) is 0 Å². The number of aromatic amines is 1. The summed E-state index contributed by atoms with van der Waals surface area (Å²) in [7, 11) is 0. The Morgan fingerprint density at radius 2 is 2.08 bits per heavy atom. The van der Waals surface area contributed by atoms with Crippen LogP contribution in [0.25, 0.3) is 10.9 Å². The Morgan fingerprint density at radius 1 is 1.28 bits per heavy atom. The van der Waals surface area contributed by atoms with E-state index in [0.29, 0.717) is 0 Å². The highest BCUT2D eigenvalue weighted by Gasteiger charge is 2.20. The molecule has 3 rings (SSSR count). The van der Waals surface area contributed by atoms with Gasteiger partial charge in [-0.1, -0.05) is 33.6 Å². The Kier molecular flexibility index (Phi) is 5.51. The average Bonchev–Trinajstić information content (AvgIpc) is 2.91. The van der Waals surface area contributed by atoms with Gasteiger partial charge in [-0.15, -0.1) is 0 Å². The van der Waals surface area contributed by atoms with Gasteiger partial charge >= 0.3 is 0 Å². The Balaban J connectivity index is 1.70. The molecule has 0 bridgehead atoms. The maximum absolute atomic E-state index is 12.6. The summed E-state index contributed by atoms with van der Waals surface area (Å²) >= 11 is 0. The molecule has 1 aromatic heterocycles. The number of rotatable bonds is 6. The van der Waals surface area contributed by atoms with Gasteiger partial charge in [0.2, 0.25) is 0 Å². The van der Waals surface area contributed by atoms with Crippen LogP contribution in [0, 0.1) is 11.8 Å².